The summed E-state index contributed by atoms with van der Waals surface area (Å²) < 4.78 is 0. The monoisotopic (exact) mass is 218 g/mol. The van der Waals surface area contributed by atoms with E-state index in [4.69, 9.17) is 0 Å². The molecule has 1 heteroatoms. The Morgan fingerprint density at radius 1 is 0.882 bits per heavy atom. The molecule has 80 valence electrons. The fourth-order valence-electron chi connectivity index (χ4n) is 3.00. The zero-order valence-electron chi connectivity index (χ0n) is 9.23. The predicted octanol–water partition coefficient (Wildman–Crippen LogP) is 3.71. The molecule has 17 heavy (non-hydrogen) atoms. The summed E-state index contributed by atoms with van der Waals surface area (Å²) in [5.41, 5.74) is 3.52. The molecule has 0 heterocycles. The van der Waals surface area contributed by atoms with Crippen LogP contribution in [0.3, 0.4) is 0 Å². The van der Waals surface area contributed by atoms with Crippen molar-refractivity contribution >= 4 is 27.8 Å². The molecule has 0 unspecified atom stereocenters. The van der Waals surface area contributed by atoms with Crippen molar-refractivity contribution in [3.8, 4) is 0 Å². The molecular weight excluding hydrogens is 208 g/mol. The number of hydrogen-bond acceptors (Lipinski definition) is 1. The van der Waals surface area contributed by atoms with Gasteiger partial charge in [-0.3, -0.25) is 4.79 Å². The van der Waals surface area contributed by atoms with Crippen molar-refractivity contribution in [3.05, 3.63) is 59.2 Å². The van der Waals surface area contributed by atoms with E-state index >= 15 is 0 Å². The van der Waals surface area contributed by atoms with Gasteiger partial charge in [-0.25, -0.2) is 0 Å². The van der Waals surface area contributed by atoms with E-state index in [9.17, 15) is 4.79 Å². The molecule has 1 aliphatic carbocycles. The number of rotatable bonds is 1. The van der Waals surface area contributed by atoms with Crippen LogP contribution in [0.1, 0.15) is 21.5 Å². The quantitative estimate of drug-likeness (QED) is 0.351. The van der Waals surface area contributed by atoms with Gasteiger partial charge >= 0.3 is 0 Å². The second kappa shape index (κ2) is 2.95. The third-order valence-corrected chi connectivity index (χ3v) is 3.74. The molecule has 1 nitrogen and oxygen atoms in total. The number of benzene rings is 3. The van der Waals surface area contributed by atoms with E-state index in [0.717, 1.165) is 23.7 Å². The number of carbonyl (C=O) groups excluding carboxylic acids is 1. The Morgan fingerprint density at radius 2 is 1.76 bits per heavy atom. The minimum Gasteiger partial charge on any atom is -0.298 e. The average molecular weight is 218 g/mol. The lowest BCUT2D eigenvalue weighted by atomic mass is 9.99. The van der Waals surface area contributed by atoms with Crippen molar-refractivity contribution in [2.24, 2.45) is 0 Å². The van der Waals surface area contributed by atoms with Crippen LogP contribution in [-0.2, 0) is 6.42 Å². The normalized spacial score (nSPS) is 12.7. The van der Waals surface area contributed by atoms with E-state index in [1.54, 1.807) is 0 Å². The third kappa shape index (κ3) is 1.01. The Labute approximate surface area is 98.7 Å². The Morgan fingerprint density at radius 3 is 2.65 bits per heavy atom. The standard InChI is InChI=1S/C16H10O/c17-9-13-5-4-12-8-11-3-1-2-10-6-7-14(13)16(12)15(10)11/h1-7,9H,8H2. The van der Waals surface area contributed by atoms with Crippen molar-refractivity contribution in [2.75, 3.05) is 0 Å². The van der Waals surface area contributed by atoms with Crippen LogP contribution in [0, 0.1) is 0 Å². The van der Waals surface area contributed by atoms with Gasteiger partial charge in [0.2, 0.25) is 0 Å². The predicted molar refractivity (Wildman–Crippen MR) is 69.6 cm³/mol. The van der Waals surface area contributed by atoms with E-state index in [1.165, 1.54) is 27.3 Å². The molecule has 0 bridgehead atoms. The van der Waals surface area contributed by atoms with E-state index in [1.807, 2.05) is 6.07 Å². The van der Waals surface area contributed by atoms with Crippen LogP contribution in [0.2, 0.25) is 0 Å². The Hall–Kier alpha value is -2.15. The van der Waals surface area contributed by atoms with Gasteiger partial charge in [-0.15, -0.1) is 0 Å². The van der Waals surface area contributed by atoms with Crippen molar-refractivity contribution < 1.29 is 4.79 Å². The average Bonchev–Trinajstić information content (AvgIpc) is 2.76. The SMILES string of the molecule is O=Cc1ccc2c3c1ccc1cccc(c13)C2. The number of aldehydes is 1. The van der Waals surface area contributed by atoms with Gasteiger partial charge in [-0.1, -0.05) is 42.5 Å². The van der Waals surface area contributed by atoms with E-state index < -0.39 is 0 Å². The highest BCUT2D eigenvalue weighted by atomic mass is 16.1. The van der Waals surface area contributed by atoms with Gasteiger partial charge in [0.25, 0.3) is 0 Å². The summed E-state index contributed by atoms with van der Waals surface area (Å²) in [5.74, 6) is 0. The molecule has 0 radical (unpaired) electrons. The second-order valence-corrected chi connectivity index (χ2v) is 4.61. The van der Waals surface area contributed by atoms with Crippen molar-refractivity contribution in [2.45, 2.75) is 6.42 Å². The maximum absolute atomic E-state index is 11.1. The van der Waals surface area contributed by atoms with Gasteiger partial charge in [0, 0.05) is 5.56 Å². The van der Waals surface area contributed by atoms with Gasteiger partial charge in [0.15, 0.2) is 6.29 Å². The molecule has 4 rings (SSSR count). The smallest absolute Gasteiger partial charge is 0.150 e. The van der Waals surface area contributed by atoms with E-state index in [-0.39, 0.29) is 0 Å². The lowest BCUT2D eigenvalue weighted by Gasteiger charge is -2.04. The Balaban J connectivity index is 2.35. The van der Waals surface area contributed by atoms with Crippen LogP contribution < -0.4 is 0 Å². The Kier molecular flexibility index (Phi) is 1.55. The van der Waals surface area contributed by atoms with Gasteiger partial charge < -0.3 is 0 Å². The first-order chi connectivity index (χ1) is 8.38. The zero-order chi connectivity index (χ0) is 11.4. The molecule has 0 aliphatic heterocycles. The zero-order valence-corrected chi connectivity index (χ0v) is 9.23. The molecule has 1 aliphatic rings. The van der Waals surface area contributed by atoms with Crippen molar-refractivity contribution in [3.63, 3.8) is 0 Å². The minimum absolute atomic E-state index is 0.794. The topological polar surface area (TPSA) is 17.1 Å². The van der Waals surface area contributed by atoms with Crippen LogP contribution in [0.5, 0.6) is 0 Å². The van der Waals surface area contributed by atoms with Crippen molar-refractivity contribution in [1.82, 2.24) is 0 Å². The summed E-state index contributed by atoms with van der Waals surface area (Å²) in [6.45, 7) is 0. The summed E-state index contributed by atoms with van der Waals surface area (Å²) in [4.78, 5) is 11.1. The summed E-state index contributed by atoms with van der Waals surface area (Å²) in [7, 11) is 0. The van der Waals surface area contributed by atoms with Crippen LogP contribution in [-0.4, -0.2) is 6.29 Å². The molecule has 0 fully saturated rings. The molecule has 0 aromatic heterocycles. The minimum atomic E-state index is 0.794. The van der Waals surface area contributed by atoms with Crippen LogP contribution in [0.25, 0.3) is 21.5 Å². The maximum atomic E-state index is 11.1. The fourth-order valence-corrected chi connectivity index (χ4v) is 3.00. The molecule has 0 spiro atoms. The summed E-state index contributed by atoms with van der Waals surface area (Å²) in [6, 6.07) is 14.6. The Bertz CT molecular complexity index is 784. The van der Waals surface area contributed by atoms with Crippen molar-refractivity contribution in [1.29, 1.82) is 0 Å². The number of hydrogen-bond donors (Lipinski definition) is 0. The fraction of sp³-hybridized carbons (Fsp3) is 0.0625. The molecular formula is C16H10O. The molecule has 0 saturated heterocycles. The molecule has 0 atom stereocenters. The summed E-state index contributed by atoms with van der Waals surface area (Å²) in [5, 5.41) is 4.98. The largest absolute Gasteiger partial charge is 0.298 e. The lowest BCUT2D eigenvalue weighted by Crippen LogP contribution is -1.85. The first-order valence-corrected chi connectivity index (χ1v) is 5.80. The second-order valence-electron chi connectivity index (χ2n) is 4.61. The molecule has 0 amide bonds. The van der Waals surface area contributed by atoms with Crippen LogP contribution in [0.4, 0.5) is 0 Å². The van der Waals surface area contributed by atoms with Gasteiger partial charge in [0.1, 0.15) is 0 Å². The first-order valence-electron chi connectivity index (χ1n) is 5.80. The maximum Gasteiger partial charge on any atom is 0.150 e. The first kappa shape index (κ1) is 8.94. The third-order valence-electron chi connectivity index (χ3n) is 3.74. The van der Waals surface area contributed by atoms with Gasteiger partial charge in [-0.05, 0) is 39.1 Å². The van der Waals surface area contributed by atoms with E-state index in [0.29, 0.717) is 0 Å². The summed E-state index contributed by atoms with van der Waals surface area (Å²) >= 11 is 0. The lowest BCUT2D eigenvalue weighted by molar-refractivity contribution is 0.112. The van der Waals surface area contributed by atoms with Gasteiger partial charge in [0.05, 0.1) is 0 Å². The molecule has 0 saturated carbocycles. The highest BCUT2D eigenvalue weighted by Crippen LogP contribution is 2.38. The van der Waals surface area contributed by atoms with Crippen LogP contribution in [0.15, 0.2) is 42.5 Å². The summed E-state index contributed by atoms with van der Waals surface area (Å²) in [6.07, 6.45) is 1.94. The highest BCUT2D eigenvalue weighted by molar-refractivity contribution is 6.16. The molecule has 0 N–H and O–H groups in total. The number of carbonyl (C=O) groups is 1. The van der Waals surface area contributed by atoms with E-state index in [2.05, 4.69) is 36.4 Å². The molecule has 3 aromatic carbocycles. The van der Waals surface area contributed by atoms with Gasteiger partial charge in [-0.2, -0.15) is 0 Å². The molecule has 3 aromatic rings. The van der Waals surface area contributed by atoms with Crippen LogP contribution >= 0.6 is 0 Å². The highest BCUT2D eigenvalue weighted by Gasteiger charge is 2.17.